The number of ether oxygens (including phenoxy) is 1. The van der Waals surface area contributed by atoms with Crippen LogP contribution in [0.15, 0.2) is 55.3 Å². The van der Waals surface area contributed by atoms with Crippen LogP contribution in [0.4, 0.5) is 43.4 Å². The number of amides is 1. The lowest BCUT2D eigenvalue weighted by Crippen LogP contribution is -2.37. The molecular weight excluding hydrogens is 546 g/mol. The lowest BCUT2D eigenvalue weighted by molar-refractivity contribution is -0.111. The molecule has 4 rings (SSSR count). The molecule has 0 saturated heterocycles. The van der Waals surface area contributed by atoms with Crippen molar-refractivity contribution >= 4 is 40.6 Å². The van der Waals surface area contributed by atoms with E-state index in [0.29, 0.717) is 30.4 Å². The summed E-state index contributed by atoms with van der Waals surface area (Å²) in [4.78, 5) is 31.6. The minimum absolute atomic E-state index is 0.0702. The van der Waals surface area contributed by atoms with Gasteiger partial charge in [0.1, 0.15) is 11.9 Å². The van der Waals surface area contributed by atoms with E-state index in [1.807, 2.05) is 67.3 Å². The maximum atomic E-state index is 13.2. The Morgan fingerprint density at radius 2 is 1.90 bits per heavy atom. The SMILES string of the molecule is C=CC(=O)Nc1cc(Nc2nccc(N3NC(N(C)C)c4ccccc43)n2)c(OCC(F)F)nc1N(C)CCN(C)C. The van der Waals surface area contributed by atoms with Crippen LogP contribution in [-0.4, -0.2) is 92.0 Å². The standard InChI is InChI=1S/C28H36F2N10O2/c1-7-24(41)32-19-16-20(27(42-17-22(29)30)35-26(19)39(6)15-14-37(2)3)33-28-31-13-12-23(34-28)40-21-11-9-8-10-18(21)25(36-40)38(4)5/h7-13,16,22,25,36H,1,14-15,17H2,2-6H3,(H,32,41)(H,31,33,34). The van der Waals surface area contributed by atoms with Gasteiger partial charge in [-0.1, -0.05) is 24.8 Å². The molecule has 0 spiro atoms. The van der Waals surface area contributed by atoms with E-state index in [1.165, 1.54) is 0 Å². The van der Waals surface area contributed by atoms with Crippen molar-refractivity contribution in [2.75, 3.05) is 75.5 Å². The average molecular weight is 583 g/mol. The van der Waals surface area contributed by atoms with E-state index in [9.17, 15) is 13.6 Å². The summed E-state index contributed by atoms with van der Waals surface area (Å²) < 4.78 is 31.8. The number of benzene rings is 1. The number of nitrogens with zero attached hydrogens (tertiary/aromatic N) is 7. The number of pyridine rings is 1. The number of carbonyl (C=O) groups is 1. The van der Waals surface area contributed by atoms with E-state index in [0.717, 1.165) is 17.3 Å². The highest BCUT2D eigenvalue weighted by atomic mass is 19.3. The Morgan fingerprint density at radius 3 is 2.60 bits per heavy atom. The molecule has 224 valence electrons. The van der Waals surface area contributed by atoms with Gasteiger partial charge in [-0.05, 0) is 46.4 Å². The second kappa shape index (κ2) is 13.5. The summed E-state index contributed by atoms with van der Waals surface area (Å²) >= 11 is 0. The molecule has 0 fully saturated rings. The molecule has 1 aliphatic heterocycles. The van der Waals surface area contributed by atoms with Gasteiger partial charge in [0.25, 0.3) is 6.43 Å². The van der Waals surface area contributed by atoms with Gasteiger partial charge in [-0.2, -0.15) is 9.97 Å². The van der Waals surface area contributed by atoms with Gasteiger partial charge < -0.3 is 25.2 Å². The Bertz CT molecular complexity index is 1400. The highest BCUT2D eigenvalue weighted by Crippen LogP contribution is 2.38. The third-order valence-electron chi connectivity index (χ3n) is 6.36. The smallest absolute Gasteiger partial charge is 0.272 e. The molecule has 2 aromatic heterocycles. The normalized spacial score (nSPS) is 14.3. The van der Waals surface area contributed by atoms with Crippen LogP contribution in [-0.2, 0) is 4.79 Å². The van der Waals surface area contributed by atoms with E-state index < -0.39 is 18.9 Å². The fraction of sp³-hybridized carbons (Fsp3) is 0.357. The first-order valence-corrected chi connectivity index (χ1v) is 13.2. The van der Waals surface area contributed by atoms with E-state index in [4.69, 9.17) is 4.74 Å². The Morgan fingerprint density at radius 1 is 1.14 bits per heavy atom. The zero-order valence-electron chi connectivity index (χ0n) is 24.3. The van der Waals surface area contributed by atoms with Crippen LogP contribution >= 0.6 is 0 Å². The number of hydrogen-bond acceptors (Lipinski definition) is 11. The number of para-hydroxylation sites is 1. The van der Waals surface area contributed by atoms with Gasteiger partial charge >= 0.3 is 0 Å². The molecule has 12 nitrogen and oxygen atoms in total. The molecule has 42 heavy (non-hydrogen) atoms. The first kappa shape index (κ1) is 30.6. The van der Waals surface area contributed by atoms with Gasteiger partial charge in [-0.3, -0.25) is 14.7 Å². The molecular formula is C28H36F2N10O2. The molecule has 0 aliphatic carbocycles. The summed E-state index contributed by atoms with van der Waals surface area (Å²) in [7, 11) is 9.59. The minimum atomic E-state index is -2.72. The van der Waals surface area contributed by atoms with Crippen molar-refractivity contribution in [3.05, 3.63) is 60.8 Å². The van der Waals surface area contributed by atoms with Crippen molar-refractivity contribution in [3.63, 3.8) is 0 Å². The van der Waals surface area contributed by atoms with Crippen LogP contribution in [0.2, 0.25) is 0 Å². The highest BCUT2D eigenvalue weighted by Gasteiger charge is 2.31. The molecule has 0 radical (unpaired) electrons. The number of halogens is 2. The number of nitrogens with one attached hydrogen (secondary N) is 3. The molecule has 1 aliphatic rings. The number of carbonyl (C=O) groups excluding carboxylic acids is 1. The molecule has 3 N–H and O–H groups in total. The van der Waals surface area contributed by atoms with Crippen LogP contribution in [0, 0.1) is 0 Å². The first-order chi connectivity index (χ1) is 20.1. The van der Waals surface area contributed by atoms with E-state index in [2.05, 4.69) is 37.6 Å². The Balaban J connectivity index is 1.71. The second-order valence-electron chi connectivity index (χ2n) is 10.1. The van der Waals surface area contributed by atoms with Crippen LogP contribution in [0.25, 0.3) is 0 Å². The number of likely N-dealkylation sites (N-methyl/N-ethyl adjacent to an activating group) is 2. The number of alkyl halides is 2. The Hall–Kier alpha value is -4.40. The number of hydrogen-bond donors (Lipinski definition) is 3. The van der Waals surface area contributed by atoms with Gasteiger partial charge in [-0.25, -0.2) is 19.2 Å². The number of rotatable bonds is 13. The first-order valence-electron chi connectivity index (χ1n) is 13.2. The zero-order valence-corrected chi connectivity index (χ0v) is 24.3. The molecule has 1 aromatic carbocycles. The molecule has 3 aromatic rings. The molecule has 14 heteroatoms. The van der Waals surface area contributed by atoms with Gasteiger partial charge in [-0.15, -0.1) is 0 Å². The predicted molar refractivity (Wildman–Crippen MR) is 160 cm³/mol. The molecule has 1 amide bonds. The van der Waals surface area contributed by atoms with Crippen LogP contribution < -0.4 is 30.7 Å². The van der Waals surface area contributed by atoms with Gasteiger partial charge in [0, 0.05) is 38.0 Å². The fourth-order valence-electron chi connectivity index (χ4n) is 4.27. The van der Waals surface area contributed by atoms with Crippen LogP contribution in [0.1, 0.15) is 11.7 Å². The minimum Gasteiger partial charge on any atom is -0.470 e. The largest absolute Gasteiger partial charge is 0.470 e. The summed E-state index contributed by atoms with van der Waals surface area (Å²) in [6.07, 6.45) is -0.0826. The van der Waals surface area contributed by atoms with Crippen molar-refractivity contribution in [1.29, 1.82) is 0 Å². The number of anilines is 6. The van der Waals surface area contributed by atoms with Gasteiger partial charge in [0.2, 0.25) is 17.7 Å². The van der Waals surface area contributed by atoms with E-state index in [-0.39, 0.29) is 23.7 Å². The molecule has 0 saturated carbocycles. The Kier molecular flexibility index (Phi) is 9.83. The summed E-state index contributed by atoms with van der Waals surface area (Å²) in [5, 5.41) is 7.65. The van der Waals surface area contributed by atoms with Crippen molar-refractivity contribution in [2.45, 2.75) is 12.6 Å². The van der Waals surface area contributed by atoms with Gasteiger partial charge in [0.15, 0.2) is 18.2 Å². The summed E-state index contributed by atoms with van der Waals surface area (Å²) in [5.74, 6) is 0.499. The summed E-state index contributed by atoms with van der Waals surface area (Å²) in [5.41, 5.74) is 5.97. The maximum absolute atomic E-state index is 13.2. The molecule has 0 bridgehead atoms. The lowest BCUT2D eigenvalue weighted by atomic mass is 10.1. The quantitative estimate of drug-likeness (QED) is 0.257. The van der Waals surface area contributed by atoms with E-state index >= 15 is 0 Å². The predicted octanol–water partition coefficient (Wildman–Crippen LogP) is 3.60. The summed E-state index contributed by atoms with van der Waals surface area (Å²) in [6.45, 7) is 3.87. The van der Waals surface area contributed by atoms with Crippen molar-refractivity contribution in [2.24, 2.45) is 0 Å². The van der Waals surface area contributed by atoms with Crippen molar-refractivity contribution in [3.8, 4) is 5.88 Å². The van der Waals surface area contributed by atoms with Crippen molar-refractivity contribution in [1.82, 2.24) is 30.2 Å². The Labute approximate surface area is 244 Å². The van der Waals surface area contributed by atoms with Gasteiger partial charge in [0.05, 0.1) is 11.4 Å². The van der Waals surface area contributed by atoms with Crippen LogP contribution in [0.3, 0.4) is 0 Å². The lowest BCUT2D eigenvalue weighted by Gasteiger charge is -2.25. The van der Waals surface area contributed by atoms with Crippen LogP contribution in [0.5, 0.6) is 5.88 Å². The topological polar surface area (TPSA) is 114 Å². The molecule has 1 unspecified atom stereocenters. The zero-order chi connectivity index (χ0) is 30.4. The second-order valence-corrected chi connectivity index (χ2v) is 10.1. The number of aromatic nitrogens is 3. The number of hydrazine groups is 1. The third kappa shape index (κ3) is 7.26. The number of fused-ring (bicyclic) bond motifs is 1. The molecule has 1 atom stereocenters. The third-order valence-corrected chi connectivity index (χ3v) is 6.36. The fourth-order valence-corrected chi connectivity index (χ4v) is 4.27. The monoisotopic (exact) mass is 582 g/mol. The average Bonchev–Trinajstić information content (AvgIpc) is 3.35. The highest BCUT2D eigenvalue weighted by molar-refractivity contribution is 6.01. The summed E-state index contributed by atoms with van der Waals surface area (Å²) in [6, 6.07) is 11.3. The van der Waals surface area contributed by atoms with E-state index in [1.54, 1.807) is 30.3 Å². The maximum Gasteiger partial charge on any atom is 0.272 e. The molecule has 3 heterocycles. The van der Waals surface area contributed by atoms with Crippen molar-refractivity contribution < 1.29 is 18.3 Å².